The molecule has 204 valence electrons. The summed E-state index contributed by atoms with van der Waals surface area (Å²) in [4.78, 5) is 26.1. The summed E-state index contributed by atoms with van der Waals surface area (Å²) in [6, 6.07) is 9.07. The minimum Gasteiger partial charge on any atom is -0.463 e. The standard InChI is InChI=1S/C23H29F2N2O8PS/c1-14(2)33-20(29)15(3)12-36(31,35-16-7-5-4-6-8-16)32-11-17-19(25)23(30,13-24)21(34-17)27-10-9-18(28)26-22(27)37/h4-10,14-15,17,19,21,30H,11-13H2,1-3H3,(H,26,28,37)/t15-,17-,19+,21-,23?,36?/m1/s1. The number of nitrogens with zero attached hydrogens (tertiary/aromatic N) is 1. The van der Waals surface area contributed by atoms with Crippen molar-refractivity contribution >= 4 is 25.8 Å². The number of alkyl halides is 2. The van der Waals surface area contributed by atoms with E-state index in [1.165, 1.54) is 19.1 Å². The molecule has 1 saturated heterocycles. The normalized spacial score (nSPS) is 26.0. The number of rotatable bonds is 11. The number of halogens is 2. The van der Waals surface area contributed by atoms with Gasteiger partial charge < -0.3 is 19.1 Å². The maximum Gasteiger partial charge on any atom is 0.380 e. The predicted octanol–water partition coefficient (Wildman–Crippen LogP) is 3.72. The molecule has 0 bridgehead atoms. The van der Waals surface area contributed by atoms with E-state index in [1.807, 2.05) is 0 Å². The second kappa shape index (κ2) is 12.0. The molecule has 0 saturated carbocycles. The molecule has 3 rings (SSSR count). The zero-order chi connectivity index (χ0) is 27.4. The van der Waals surface area contributed by atoms with Crippen LogP contribution in [0, 0.1) is 10.7 Å². The fourth-order valence-corrected chi connectivity index (χ4v) is 5.82. The summed E-state index contributed by atoms with van der Waals surface area (Å²) in [6.07, 6.45) is -5.25. The number of aliphatic hydroxyl groups is 1. The number of carbonyl (C=O) groups excluding carboxylic acids is 1. The lowest BCUT2D eigenvalue weighted by molar-refractivity contribution is -0.151. The minimum atomic E-state index is -4.13. The zero-order valence-electron chi connectivity index (χ0n) is 20.4. The van der Waals surface area contributed by atoms with E-state index in [-0.39, 0.29) is 10.5 Å². The molecule has 37 heavy (non-hydrogen) atoms. The minimum absolute atomic E-state index is 0.178. The van der Waals surface area contributed by atoms with Gasteiger partial charge in [-0.05, 0) is 38.2 Å². The molecule has 14 heteroatoms. The first-order valence-electron chi connectivity index (χ1n) is 11.5. The van der Waals surface area contributed by atoms with Crippen LogP contribution in [0.5, 0.6) is 5.75 Å². The van der Waals surface area contributed by atoms with Crippen LogP contribution in [0.3, 0.4) is 0 Å². The third-order valence-corrected chi connectivity index (χ3v) is 7.87. The number of benzene rings is 1. The molecule has 1 aliphatic heterocycles. The monoisotopic (exact) mass is 562 g/mol. The number of hydrogen-bond donors (Lipinski definition) is 2. The van der Waals surface area contributed by atoms with Gasteiger partial charge in [0.15, 0.2) is 22.8 Å². The van der Waals surface area contributed by atoms with Gasteiger partial charge in [0.05, 0.1) is 24.8 Å². The molecule has 2 aromatic rings. The highest BCUT2D eigenvalue weighted by Crippen LogP contribution is 2.51. The summed E-state index contributed by atoms with van der Waals surface area (Å²) in [7, 11) is -4.13. The van der Waals surface area contributed by atoms with E-state index >= 15 is 4.39 Å². The summed E-state index contributed by atoms with van der Waals surface area (Å²) in [5.74, 6) is -1.36. The Hall–Kier alpha value is -2.44. The SMILES string of the molecule is CC(C)OC(=O)[C@H](C)CP(=O)(OC[C@H]1O[C@@H](n2ccc(=O)[nH]c2=S)C(O)(CF)[C@H]1F)Oc1ccccc1. The molecular formula is C23H29F2N2O8PS. The molecule has 2 N–H and O–H groups in total. The molecule has 6 atom stereocenters. The maximum atomic E-state index is 15.3. The van der Waals surface area contributed by atoms with Crippen LogP contribution in [0.1, 0.15) is 27.0 Å². The van der Waals surface area contributed by atoms with E-state index in [1.54, 1.807) is 32.0 Å². The predicted molar refractivity (Wildman–Crippen MR) is 132 cm³/mol. The van der Waals surface area contributed by atoms with Gasteiger partial charge in [0.1, 0.15) is 18.5 Å². The molecule has 0 radical (unpaired) electrons. The first-order chi connectivity index (χ1) is 17.4. The van der Waals surface area contributed by atoms with E-state index in [9.17, 15) is 23.7 Å². The zero-order valence-corrected chi connectivity index (χ0v) is 22.1. The van der Waals surface area contributed by atoms with Crippen molar-refractivity contribution in [2.24, 2.45) is 5.92 Å². The fraction of sp³-hybridized carbons (Fsp3) is 0.522. The quantitative estimate of drug-likeness (QED) is 0.239. The summed E-state index contributed by atoms with van der Waals surface area (Å²) < 4.78 is 65.5. The third-order valence-electron chi connectivity index (χ3n) is 5.53. The highest BCUT2D eigenvalue weighted by atomic mass is 32.1. The Morgan fingerprint density at radius 2 is 1.97 bits per heavy atom. The number of nitrogens with one attached hydrogen (secondary N) is 1. The maximum absolute atomic E-state index is 15.3. The molecule has 0 amide bonds. The molecule has 1 fully saturated rings. The Morgan fingerprint density at radius 1 is 1.30 bits per heavy atom. The summed E-state index contributed by atoms with van der Waals surface area (Å²) in [5.41, 5.74) is -3.23. The van der Waals surface area contributed by atoms with Crippen molar-refractivity contribution in [3.8, 4) is 5.75 Å². The van der Waals surface area contributed by atoms with Crippen LogP contribution in [0.15, 0.2) is 47.4 Å². The smallest absolute Gasteiger partial charge is 0.380 e. The molecule has 1 aliphatic rings. The van der Waals surface area contributed by atoms with Gasteiger partial charge >= 0.3 is 13.6 Å². The Kier molecular flexibility index (Phi) is 9.41. The van der Waals surface area contributed by atoms with Gasteiger partial charge in [0, 0.05) is 12.3 Å². The second-order valence-electron chi connectivity index (χ2n) is 8.95. The van der Waals surface area contributed by atoms with E-state index < -0.39 is 74.7 Å². The van der Waals surface area contributed by atoms with Crippen LogP contribution in [0.4, 0.5) is 8.78 Å². The number of carbonyl (C=O) groups is 1. The summed E-state index contributed by atoms with van der Waals surface area (Å²) in [5, 5.41) is 10.8. The Bertz CT molecular complexity index is 1240. The molecule has 2 heterocycles. The van der Waals surface area contributed by atoms with Crippen LogP contribution < -0.4 is 10.1 Å². The lowest BCUT2D eigenvalue weighted by atomic mass is 9.97. The van der Waals surface area contributed by atoms with Gasteiger partial charge in [-0.25, -0.2) is 13.3 Å². The molecule has 10 nitrogen and oxygen atoms in total. The molecule has 0 spiro atoms. The van der Waals surface area contributed by atoms with Crippen molar-refractivity contribution in [2.75, 3.05) is 19.4 Å². The van der Waals surface area contributed by atoms with Gasteiger partial charge in [-0.3, -0.25) is 23.7 Å². The van der Waals surface area contributed by atoms with E-state index in [4.69, 9.17) is 30.7 Å². The molecular weight excluding hydrogens is 533 g/mol. The van der Waals surface area contributed by atoms with E-state index in [0.717, 1.165) is 16.8 Å². The number of ether oxygens (including phenoxy) is 2. The molecule has 1 aromatic carbocycles. The first kappa shape index (κ1) is 29.1. The Balaban J connectivity index is 1.83. The lowest BCUT2D eigenvalue weighted by Crippen LogP contribution is -2.47. The molecule has 1 aromatic heterocycles. The summed E-state index contributed by atoms with van der Waals surface area (Å²) >= 11 is 5.03. The van der Waals surface area contributed by atoms with Crippen LogP contribution >= 0.6 is 19.8 Å². The molecule has 2 unspecified atom stereocenters. The number of para-hydroxylation sites is 1. The Morgan fingerprint density at radius 3 is 2.57 bits per heavy atom. The average Bonchev–Trinajstić information content (AvgIpc) is 3.08. The van der Waals surface area contributed by atoms with E-state index in [0.29, 0.717) is 0 Å². The largest absolute Gasteiger partial charge is 0.463 e. The van der Waals surface area contributed by atoms with E-state index in [2.05, 4.69) is 4.98 Å². The third kappa shape index (κ3) is 6.91. The van der Waals surface area contributed by atoms with Crippen molar-refractivity contribution in [3.63, 3.8) is 0 Å². The van der Waals surface area contributed by atoms with Crippen molar-refractivity contribution in [1.29, 1.82) is 0 Å². The van der Waals surface area contributed by atoms with Crippen molar-refractivity contribution < 1.29 is 41.8 Å². The average molecular weight is 563 g/mol. The second-order valence-corrected chi connectivity index (χ2v) is 11.4. The number of aromatic amines is 1. The first-order valence-corrected chi connectivity index (χ1v) is 13.6. The fourth-order valence-electron chi connectivity index (χ4n) is 3.70. The van der Waals surface area contributed by atoms with Gasteiger partial charge in [-0.15, -0.1) is 0 Å². The van der Waals surface area contributed by atoms with Crippen molar-refractivity contribution in [3.05, 3.63) is 57.7 Å². The van der Waals surface area contributed by atoms with Gasteiger partial charge in [-0.2, -0.15) is 0 Å². The van der Waals surface area contributed by atoms with Gasteiger partial charge in [0.2, 0.25) is 0 Å². The number of esters is 1. The Labute approximate surface area is 217 Å². The molecule has 0 aliphatic carbocycles. The number of aromatic nitrogens is 2. The lowest BCUT2D eigenvalue weighted by Gasteiger charge is -2.28. The number of hydrogen-bond acceptors (Lipinski definition) is 9. The van der Waals surface area contributed by atoms with Crippen LogP contribution in [-0.4, -0.2) is 64.1 Å². The van der Waals surface area contributed by atoms with Crippen LogP contribution in [-0.2, 0) is 23.4 Å². The van der Waals surface area contributed by atoms with Gasteiger partial charge in [-0.1, -0.05) is 25.1 Å². The number of H-pyrrole nitrogens is 1. The highest BCUT2D eigenvalue weighted by molar-refractivity contribution is 7.71. The van der Waals surface area contributed by atoms with Gasteiger partial charge in [0.25, 0.3) is 5.56 Å². The van der Waals surface area contributed by atoms with Crippen LogP contribution in [0.2, 0.25) is 0 Å². The van der Waals surface area contributed by atoms with Crippen LogP contribution in [0.25, 0.3) is 0 Å². The topological polar surface area (TPSA) is 129 Å². The van der Waals surface area contributed by atoms with Crippen molar-refractivity contribution in [1.82, 2.24) is 9.55 Å². The summed E-state index contributed by atoms with van der Waals surface area (Å²) in [6.45, 7) is 2.54. The van der Waals surface area contributed by atoms with Crippen molar-refractivity contribution in [2.45, 2.75) is 51.0 Å². The highest BCUT2D eigenvalue weighted by Gasteiger charge is 2.58.